The van der Waals surface area contributed by atoms with Gasteiger partial charge in [-0.1, -0.05) is 12.1 Å². The average molecular weight is 318 g/mol. The highest BCUT2D eigenvalue weighted by atomic mass is 16.4. The van der Waals surface area contributed by atoms with E-state index in [-0.39, 0.29) is 24.4 Å². The number of benzene rings is 1. The molecule has 2 amide bonds. The molecule has 1 aromatic rings. The zero-order chi connectivity index (χ0) is 17.0. The third kappa shape index (κ3) is 4.31. The fraction of sp³-hybridized carbons (Fsp3) is 0.471. The first-order chi connectivity index (χ1) is 10.9. The maximum atomic E-state index is 12.4. The maximum Gasteiger partial charge on any atom is 0.323 e. The first-order valence-electron chi connectivity index (χ1n) is 7.78. The monoisotopic (exact) mass is 318 g/mol. The molecule has 1 aliphatic rings. The second-order valence-corrected chi connectivity index (χ2v) is 6.04. The highest BCUT2D eigenvalue weighted by Crippen LogP contribution is 2.16. The van der Waals surface area contributed by atoms with Crippen LogP contribution in [0.4, 0.5) is 0 Å². The van der Waals surface area contributed by atoms with Gasteiger partial charge in [-0.2, -0.15) is 0 Å². The van der Waals surface area contributed by atoms with Crippen LogP contribution < -0.4 is 0 Å². The van der Waals surface area contributed by atoms with Crippen molar-refractivity contribution in [3.05, 3.63) is 35.4 Å². The zero-order valence-electron chi connectivity index (χ0n) is 13.5. The molecular weight excluding hydrogens is 296 g/mol. The molecule has 0 aliphatic carbocycles. The number of likely N-dealkylation sites (tertiary alicyclic amines) is 1. The van der Waals surface area contributed by atoms with Crippen LogP contribution in [0.3, 0.4) is 0 Å². The van der Waals surface area contributed by atoms with Crippen molar-refractivity contribution in [2.24, 2.45) is 0 Å². The van der Waals surface area contributed by atoms with Crippen LogP contribution in [-0.2, 0) is 16.1 Å². The van der Waals surface area contributed by atoms with Crippen LogP contribution in [-0.4, -0.2) is 51.8 Å². The number of aliphatic carboxylic acids is 1. The molecule has 0 radical (unpaired) electrons. The van der Waals surface area contributed by atoms with E-state index in [2.05, 4.69) is 0 Å². The Bertz CT molecular complexity index is 595. The van der Waals surface area contributed by atoms with Crippen LogP contribution in [0.25, 0.3) is 0 Å². The molecule has 1 aliphatic heterocycles. The summed E-state index contributed by atoms with van der Waals surface area (Å²) in [5, 5.41) is 8.93. The highest BCUT2D eigenvalue weighted by Gasteiger charge is 2.22. The Labute approximate surface area is 135 Å². The van der Waals surface area contributed by atoms with Crippen LogP contribution in [0.15, 0.2) is 24.3 Å². The molecule has 2 rings (SSSR count). The molecule has 6 heteroatoms. The molecule has 0 aromatic heterocycles. The molecule has 1 aromatic carbocycles. The van der Waals surface area contributed by atoms with E-state index in [1.165, 1.54) is 4.90 Å². The van der Waals surface area contributed by atoms with E-state index >= 15 is 0 Å². The lowest BCUT2D eigenvalue weighted by atomic mass is 10.1. The summed E-state index contributed by atoms with van der Waals surface area (Å²) in [6.45, 7) is 4.58. The van der Waals surface area contributed by atoms with Gasteiger partial charge in [0.25, 0.3) is 5.91 Å². The summed E-state index contributed by atoms with van der Waals surface area (Å²) >= 11 is 0. The first-order valence-corrected chi connectivity index (χ1v) is 7.78. The van der Waals surface area contributed by atoms with Crippen molar-refractivity contribution in [3.63, 3.8) is 0 Å². The van der Waals surface area contributed by atoms with Crippen molar-refractivity contribution in [1.82, 2.24) is 9.80 Å². The molecular formula is C17H22N2O4. The molecule has 1 saturated heterocycles. The second kappa shape index (κ2) is 7.26. The van der Waals surface area contributed by atoms with Gasteiger partial charge in [-0.25, -0.2) is 0 Å². The van der Waals surface area contributed by atoms with Gasteiger partial charge >= 0.3 is 5.97 Å². The number of amides is 2. The summed E-state index contributed by atoms with van der Waals surface area (Å²) in [6.07, 6.45) is 1.50. The predicted octanol–water partition coefficient (Wildman–Crippen LogP) is 1.74. The van der Waals surface area contributed by atoms with Gasteiger partial charge in [-0.15, -0.1) is 0 Å². The van der Waals surface area contributed by atoms with Crippen molar-refractivity contribution in [1.29, 1.82) is 0 Å². The van der Waals surface area contributed by atoms with Crippen molar-refractivity contribution < 1.29 is 19.5 Å². The van der Waals surface area contributed by atoms with E-state index in [0.29, 0.717) is 18.5 Å². The van der Waals surface area contributed by atoms with Gasteiger partial charge in [-0.05, 0) is 38.0 Å². The predicted molar refractivity (Wildman–Crippen MR) is 84.9 cm³/mol. The van der Waals surface area contributed by atoms with E-state index in [9.17, 15) is 14.4 Å². The fourth-order valence-electron chi connectivity index (χ4n) is 2.64. The largest absolute Gasteiger partial charge is 0.480 e. The third-order valence-electron chi connectivity index (χ3n) is 3.94. The fourth-order valence-corrected chi connectivity index (χ4v) is 2.64. The summed E-state index contributed by atoms with van der Waals surface area (Å²) in [6, 6.07) is 6.82. The van der Waals surface area contributed by atoms with Gasteiger partial charge in [0.1, 0.15) is 6.54 Å². The first kappa shape index (κ1) is 17.0. The van der Waals surface area contributed by atoms with Crippen LogP contribution in [0, 0.1) is 0 Å². The third-order valence-corrected chi connectivity index (χ3v) is 3.94. The molecule has 0 saturated carbocycles. The van der Waals surface area contributed by atoms with Crippen molar-refractivity contribution in [3.8, 4) is 0 Å². The Morgan fingerprint density at radius 1 is 1.26 bits per heavy atom. The standard InChI is InChI=1S/C17H22N2O4/c1-12(2)19(11-16(21)22)17(23)14-7-5-13(6-8-14)10-18-9-3-4-15(18)20/h5-8,12H,3-4,9-11H2,1-2H3,(H,21,22). The Morgan fingerprint density at radius 2 is 1.91 bits per heavy atom. The van der Waals surface area contributed by atoms with E-state index in [4.69, 9.17) is 5.11 Å². The van der Waals surface area contributed by atoms with Gasteiger partial charge in [0.05, 0.1) is 0 Å². The molecule has 1 fully saturated rings. The number of rotatable bonds is 6. The van der Waals surface area contributed by atoms with Crippen molar-refractivity contribution >= 4 is 17.8 Å². The molecule has 0 bridgehead atoms. The summed E-state index contributed by atoms with van der Waals surface area (Å²) in [5.41, 5.74) is 1.42. The van der Waals surface area contributed by atoms with Crippen LogP contribution in [0.2, 0.25) is 0 Å². The number of carboxylic acid groups (broad SMARTS) is 1. The van der Waals surface area contributed by atoms with E-state index in [1.54, 1.807) is 26.0 Å². The quantitative estimate of drug-likeness (QED) is 0.866. The maximum absolute atomic E-state index is 12.4. The molecule has 0 unspecified atom stereocenters. The van der Waals surface area contributed by atoms with Crippen LogP contribution in [0.5, 0.6) is 0 Å². The number of hydrogen-bond acceptors (Lipinski definition) is 3. The van der Waals surface area contributed by atoms with Gasteiger partial charge < -0.3 is 14.9 Å². The van der Waals surface area contributed by atoms with E-state index in [0.717, 1.165) is 18.5 Å². The van der Waals surface area contributed by atoms with Crippen LogP contribution >= 0.6 is 0 Å². The van der Waals surface area contributed by atoms with Crippen molar-refractivity contribution in [2.75, 3.05) is 13.1 Å². The molecule has 124 valence electrons. The SMILES string of the molecule is CC(C)N(CC(=O)O)C(=O)c1ccc(CN2CCCC2=O)cc1. The van der Waals surface area contributed by atoms with Crippen LogP contribution in [0.1, 0.15) is 42.6 Å². The minimum Gasteiger partial charge on any atom is -0.480 e. The second-order valence-electron chi connectivity index (χ2n) is 6.04. The zero-order valence-corrected chi connectivity index (χ0v) is 13.5. The molecule has 1 heterocycles. The molecule has 23 heavy (non-hydrogen) atoms. The number of carbonyl (C=O) groups excluding carboxylic acids is 2. The Morgan fingerprint density at radius 3 is 2.39 bits per heavy atom. The summed E-state index contributed by atoms with van der Waals surface area (Å²) in [5.74, 6) is -1.17. The summed E-state index contributed by atoms with van der Waals surface area (Å²) in [4.78, 5) is 38.1. The van der Waals surface area contributed by atoms with Gasteiger partial charge in [-0.3, -0.25) is 14.4 Å². The smallest absolute Gasteiger partial charge is 0.323 e. The van der Waals surface area contributed by atoms with E-state index < -0.39 is 5.97 Å². The number of carboxylic acids is 1. The molecule has 6 nitrogen and oxygen atoms in total. The number of carbonyl (C=O) groups is 3. The molecule has 1 N–H and O–H groups in total. The normalized spacial score (nSPS) is 14.4. The van der Waals surface area contributed by atoms with Crippen molar-refractivity contribution in [2.45, 2.75) is 39.3 Å². The van der Waals surface area contributed by atoms with Gasteiger partial charge in [0, 0.05) is 31.1 Å². The highest BCUT2D eigenvalue weighted by molar-refractivity contribution is 5.96. The van der Waals surface area contributed by atoms with Gasteiger partial charge in [0.15, 0.2) is 0 Å². The molecule has 0 spiro atoms. The Hall–Kier alpha value is -2.37. The summed E-state index contributed by atoms with van der Waals surface area (Å²) in [7, 11) is 0. The van der Waals surface area contributed by atoms with Gasteiger partial charge in [0.2, 0.25) is 5.91 Å². The lowest BCUT2D eigenvalue weighted by Crippen LogP contribution is -2.40. The lowest BCUT2D eigenvalue weighted by molar-refractivity contribution is -0.138. The Kier molecular flexibility index (Phi) is 5.36. The number of nitrogens with zero attached hydrogens (tertiary/aromatic N) is 2. The molecule has 0 atom stereocenters. The van der Waals surface area contributed by atoms with E-state index in [1.807, 2.05) is 17.0 Å². The lowest BCUT2D eigenvalue weighted by Gasteiger charge is -2.25. The Balaban J connectivity index is 2.06. The number of hydrogen-bond donors (Lipinski definition) is 1. The minimum absolute atomic E-state index is 0.164. The average Bonchev–Trinajstić information content (AvgIpc) is 2.90. The topological polar surface area (TPSA) is 77.9 Å². The summed E-state index contributed by atoms with van der Waals surface area (Å²) < 4.78 is 0. The minimum atomic E-state index is -1.03.